The fourth-order valence-electron chi connectivity index (χ4n) is 3.37. The molecule has 4 nitrogen and oxygen atoms in total. The molecule has 0 radical (unpaired) electrons. The summed E-state index contributed by atoms with van der Waals surface area (Å²) in [5, 5.41) is 9.49. The molecule has 2 fully saturated rings. The van der Waals surface area contributed by atoms with E-state index in [-0.39, 0.29) is 11.3 Å². The van der Waals surface area contributed by atoms with Crippen molar-refractivity contribution in [3.8, 4) is 0 Å². The smallest absolute Gasteiger partial charge is 0.222 e. The molecule has 1 aliphatic heterocycles. The highest BCUT2D eigenvalue weighted by Crippen LogP contribution is 2.40. The number of hydrogen-bond donors (Lipinski definition) is 1. The molecule has 1 unspecified atom stereocenters. The minimum absolute atomic E-state index is 0.172. The maximum atomic E-state index is 11.4. The molecule has 4 heteroatoms. The number of piperidine rings is 1. The Morgan fingerprint density at radius 2 is 2.22 bits per heavy atom. The number of carbonyl (C=O) groups is 1. The first-order valence-electron chi connectivity index (χ1n) is 7.08. The van der Waals surface area contributed by atoms with Crippen LogP contribution in [0.15, 0.2) is 0 Å². The van der Waals surface area contributed by atoms with Crippen molar-refractivity contribution >= 4 is 5.91 Å². The predicted octanol–water partition coefficient (Wildman–Crippen LogP) is 0.949. The third-order valence-electron chi connectivity index (χ3n) is 4.65. The van der Waals surface area contributed by atoms with Gasteiger partial charge in [-0.2, -0.15) is 0 Å². The van der Waals surface area contributed by atoms with E-state index in [2.05, 4.69) is 11.9 Å². The van der Waals surface area contributed by atoms with Gasteiger partial charge in [0.05, 0.1) is 0 Å². The van der Waals surface area contributed by atoms with Crippen LogP contribution in [0, 0.1) is 11.3 Å². The third kappa shape index (κ3) is 3.04. The number of amides is 1. The zero-order chi connectivity index (χ0) is 13.2. The lowest BCUT2D eigenvalue weighted by Gasteiger charge is -2.44. The topological polar surface area (TPSA) is 43.8 Å². The number of rotatable bonds is 5. The van der Waals surface area contributed by atoms with Crippen LogP contribution in [0.2, 0.25) is 0 Å². The first-order valence-corrected chi connectivity index (χ1v) is 7.08. The molecule has 1 amide bonds. The molecule has 1 heterocycles. The van der Waals surface area contributed by atoms with Crippen molar-refractivity contribution < 1.29 is 9.90 Å². The third-order valence-corrected chi connectivity index (χ3v) is 4.65. The summed E-state index contributed by atoms with van der Waals surface area (Å²) in [7, 11) is 4.04. The number of hydrogen-bond acceptors (Lipinski definition) is 3. The van der Waals surface area contributed by atoms with Gasteiger partial charge in [0, 0.05) is 45.1 Å². The summed E-state index contributed by atoms with van der Waals surface area (Å²) in [5.74, 6) is 0.869. The summed E-state index contributed by atoms with van der Waals surface area (Å²) >= 11 is 0. The number of carbonyl (C=O) groups excluding carboxylic acids is 1. The maximum Gasteiger partial charge on any atom is 0.222 e. The van der Waals surface area contributed by atoms with E-state index < -0.39 is 0 Å². The normalized spacial score (nSPS) is 27.4. The van der Waals surface area contributed by atoms with Gasteiger partial charge >= 0.3 is 0 Å². The highest BCUT2D eigenvalue weighted by Gasteiger charge is 2.37. The van der Waals surface area contributed by atoms with Crippen molar-refractivity contribution in [1.29, 1.82) is 0 Å². The van der Waals surface area contributed by atoms with Crippen molar-refractivity contribution in [1.82, 2.24) is 9.80 Å². The van der Waals surface area contributed by atoms with Gasteiger partial charge in [0.1, 0.15) is 0 Å². The van der Waals surface area contributed by atoms with Crippen LogP contribution in [0.3, 0.4) is 0 Å². The van der Waals surface area contributed by atoms with Gasteiger partial charge in [0.25, 0.3) is 0 Å². The minimum Gasteiger partial charge on any atom is -0.396 e. The summed E-state index contributed by atoms with van der Waals surface area (Å²) < 4.78 is 0. The minimum atomic E-state index is 0.172. The van der Waals surface area contributed by atoms with Crippen molar-refractivity contribution in [2.45, 2.75) is 32.1 Å². The summed E-state index contributed by atoms with van der Waals surface area (Å²) in [6.07, 6.45) is 5.29. The molecule has 2 rings (SSSR count). The quantitative estimate of drug-likeness (QED) is 0.794. The molecule has 1 N–H and O–H groups in total. The van der Waals surface area contributed by atoms with Gasteiger partial charge in [-0.15, -0.1) is 0 Å². The average molecular weight is 254 g/mol. The van der Waals surface area contributed by atoms with E-state index in [0.29, 0.717) is 18.9 Å². The zero-order valence-electron chi connectivity index (χ0n) is 11.7. The summed E-state index contributed by atoms with van der Waals surface area (Å²) in [4.78, 5) is 15.6. The molecule has 2 aliphatic rings. The lowest BCUT2D eigenvalue weighted by molar-refractivity contribution is -0.133. The van der Waals surface area contributed by atoms with Crippen molar-refractivity contribution in [3.05, 3.63) is 0 Å². The van der Waals surface area contributed by atoms with Gasteiger partial charge in [-0.3, -0.25) is 4.79 Å². The van der Waals surface area contributed by atoms with E-state index in [9.17, 15) is 9.90 Å². The Bertz CT molecular complexity index is 297. The second-order valence-electron chi connectivity index (χ2n) is 6.39. The Hall–Kier alpha value is -0.610. The molecule has 18 heavy (non-hydrogen) atoms. The molecule has 0 aromatic rings. The first-order chi connectivity index (χ1) is 8.54. The van der Waals surface area contributed by atoms with Gasteiger partial charge in [0.2, 0.25) is 5.91 Å². The Morgan fingerprint density at radius 1 is 1.50 bits per heavy atom. The molecule has 0 aromatic heterocycles. The number of aliphatic hydroxyl groups excluding tert-OH is 1. The first kappa shape index (κ1) is 13.8. The van der Waals surface area contributed by atoms with Crippen LogP contribution in [0.1, 0.15) is 32.1 Å². The highest BCUT2D eigenvalue weighted by molar-refractivity contribution is 5.76. The van der Waals surface area contributed by atoms with Crippen LogP contribution in [-0.2, 0) is 4.79 Å². The molecule has 104 valence electrons. The van der Waals surface area contributed by atoms with Gasteiger partial charge < -0.3 is 14.9 Å². The number of likely N-dealkylation sites (tertiary alicyclic amines) is 1. The summed E-state index contributed by atoms with van der Waals surface area (Å²) in [6.45, 7) is 3.24. The monoisotopic (exact) mass is 254 g/mol. The van der Waals surface area contributed by atoms with Crippen LogP contribution < -0.4 is 0 Å². The van der Waals surface area contributed by atoms with Crippen LogP contribution in [-0.4, -0.2) is 61.2 Å². The zero-order valence-corrected chi connectivity index (χ0v) is 11.7. The summed E-state index contributed by atoms with van der Waals surface area (Å²) in [5.41, 5.74) is 0.172. The van der Waals surface area contributed by atoms with E-state index >= 15 is 0 Å². The molecule has 0 aromatic carbocycles. The fourth-order valence-corrected chi connectivity index (χ4v) is 3.37. The lowest BCUT2D eigenvalue weighted by Crippen LogP contribution is -2.47. The average Bonchev–Trinajstić information content (AvgIpc) is 2.29. The molecule has 0 bridgehead atoms. The Morgan fingerprint density at radius 3 is 2.72 bits per heavy atom. The van der Waals surface area contributed by atoms with E-state index in [1.807, 2.05) is 11.9 Å². The van der Waals surface area contributed by atoms with Crippen LogP contribution in [0.5, 0.6) is 0 Å². The largest absolute Gasteiger partial charge is 0.396 e. The maximum absolute atomic E-state index is 11.4. The Balaban J connectivity index is 1.77. The fraction of sp³-hybridized carbons (Fsp3) is 0.929. The van der Waals surface area contributed by atoms with Crippen LogP contribution in [0.4, 0.5) is 0 Å². The Labute approximate surface area is 110 Å². The van der Waals surface area contributed by atoms with E-state index in [0.717, 1.165) is 38.9 Å². The SMILES string of the molecule is CN(CC1CCC(=O)N(C)C1)CC1(CO)CCC1. The lowest BCUT2D eigenvalue weighted by atomic mass is 9.69. The number of nitrogens with zero attached hydrogens (tertiary/aromatic N) is 2. The van der Waals surface area contributed by atoms with Crippen LogP contribution >= 0.6 is 0 Å². The molecule has 1 atom stereocenters. The summed E-state index contributed by atoms with van der Waals surface area (Å²) in [6, 6.07) is 0. The van der Waals surface area contributed by atoms with Crippen molar-refractivity contribution in [2.75, 3.05) is 40.3 Å². The van der Waals surface area contributed by atoms with Gasteiger partial charge in [0.15, 0.2) is 0 Å². The van der Waals surface area contributed by atoms with Crippen LogP contribution in [0.25, 0.3) is 0 Å². The van der Waals surface area contributed by atoms with Gasteiger partial charge in [-0.25, -0.2) is 0 Å². The standard InChI is InChI=1S/C14H26N2O2/c1-15(10-14(11-17)6-3-7-14)8-12-4-5-13(18)16(2)9-12/h12,17H,3-11H2,1-2H3. The van der Waals surface area contributed by atoms with Crippen molar-refractivity contribution in [3.63, 3.8) is 0 Å². The van der Waals surface area contributed by atoms with Crippen molar-refractivity contribution in [2.24, 2.45) is 11.3 Å². The van der Waals surface area contributed by atoms with Gasteiger partial charge in [-0.1, -0.05) is 6.42 Å². The molecular weight excluding hydrogens is 228 g/mol. The second kappa shape index (κ2) is 5.57. The highest BCUT2D eigenvalue weighted by atomic mass is 16.3. The molecule has 0 spiro atoms. The van der Waals surface area contributed by atoms with E-state index in [1.54, 1.807) is 0 Å². The molecule has 1 aliphatic carbocycles. The van der Waals surface area contributed by atoms with E-state index in [1.165, 1.54) is 6.42 Å². The Kier molecular flexibility index (Phi) is 4.28. The van der Waals surface area contributed by atoms with E-state index in [4.69, 9.17) is 0 Å². The number of aliphatic hydroxyl groups is 1. The molecule has 1 saturated carbocycles. The second-order valence-corrected chi connectivity index (χ2v) is 6.39. The van der Waals surface area contributed by atoms with Gasteiger partial charge in [-0.05, 0) is 32.2 Å². The molecule has 1 saturated heterocycles. The molecular formula is C14H26N2O2. The predicted molar refractivity (Wildman–Crippen MR) is 71.2 cm³/mol.